The molecule has 1 aromatic carbocycles. The molecule has 0 radical (unpaired) electrons. The molecule has 2 rings (SSSR count). The van der Waals surface area contributed by atoms with Gasteiger partial charge >= 0.3 is 0 Å². The van der Waals surface area contributed by atoms with Crippen molar-refractivity contribution in [3.63, 3.8) is 0 Å². The minimum atomic E-state index is 0.160. The molecule has 1 saturated heterocycles. The van der Waals surface area contributed by atoms with Gasteiger partial charge in [-0.1, -0.05) is 15.9 Å². The van der Waals surface area contributed by atoms with Gasteiger partial charge in [-0.3, -0.25) is 0 Å². The molecule has 0 aliphatic carbocycles. The second-order valence-corrected chi connectivity index (χ2v) is 6.05. The molecule has 2 N–H and O–H groups in total. The molecule has 0 bridgehead atoms. The minimum Gasteiger partial charge on any atom is -0.496 e. The lowest BCUT2D eigenvalue weighted by Crippen LogP contribution is -2.24. The van der Waals surface area contributed by atoms with E-state index >= 15 is 0 Å². The average molecular weight is 328 g/mol. The van der Waals surface area contributed by atoms with Crippen molar-refractivity contribution in [1.82, 2.24) is 0 Å². The lowest BCUT2D eigenvalue weighted by Gasteiger charge is -2.16. The van der Waals surface area contributed by atoms with Crippen LogP contribution in [0, 0.1) is 0 Å². The third kappa shape index (κ3) is 4.48. The highest BCUT2D eigenvalue weighted by molar-refractivity contribution is 9.10. The molecule has 0 aromatic heterocycles. The molecule has 1 heterocycles. The van der Waals surface area contributed by atoms with Crippen molar-refractivity contribution in [3.05, 3.63) is 28.2 Å². The highest BCUT2D eigenvalue weighted by Gasteiger charge is 2.17. The molecular formula is C15H22BrNO2. The van der Waals surface area contributed by atoms with Crippen molar-refractivity contribution in [1.29, 1.82) is 0 Å². The first kappa shape index (κ1) is 14.8. The third-order valence-electron chi connectivity index (χ3n) is 3.61. The van der Waals surface area contributed by atoms with E-state index in [1.165, 1.54) is 12.8 Å². The Morgan fingerprint density at radius 2 is 2.37 bits per heavy atom. The van der Waals surface area contributed by atoms with Gasteiger partial charge in [0, 0.05) is 17.1 Å². The number of hydrogen-bond donors (Lipinski definition) is 1. The zero-order valence-corrected chi connectivity index (χ0v) is 13.0. The van der Waals surface area contributed by atoms with Crippen LogP contribution in [0.1, 0.15) is 31.2 Å². The van der Waals surface area contributed by atoms with E-state index in [9.17, 15) is 0 Å². The van der Waals surface area contributed by atoms with Crippen LogP contribution >= 0.6 is 15.9 Å². The zero-order valence-electron chi connectivity index (χ0n) is 11.4. The average Bonchev–Trinajstić information content (AvgIpc) is 2.90. The van der Waals surface area contributed by atoms with E-state index in [-0.39, 0.29) is 6.04 Å². The SMILES string of the molecule is COc1ccc(Br)cc1CC(N)CCC1CCCO1. The molecule has 1 fully saturated rings. The Hall–Kier alpha value is -0.580. The van der Waals surface area contributed by atoms with Crippen molar-refractivity contribution in [2.45, 2.75) is 44.2 Å². The number of halogens is 1. The molecule has 3 nitrogen and oxygen atoms in total. The Morgan fingerprint density at radius 1 is 1.53 bits per heavy atom. The molecule has 0 spiro atoms. The summed E-state index contributed by atoms with van der Waals surface area (Å²) in [6, 6.07) is 6.21. The predicted molar refractivity (Wildman–Crippen MR) is 80.6 cm³/mol. The first-order chi connectivity index (χ1) is 9.19. The van der Waals surface area contributed by atoms with E-state index in [4.69, 9.17) is 15.2 Å². The van der Waals surface area contributed by atoms with Crippen molar-refractivity contribution in [2.24, 2.45) is 5.73 Å². The topological polar surface area (TPSA) is 44.5 Å². The number of rotatable bonds is 6. The second kappa shape index (κ2) is 7.27. The van der Waals surface area contributed by atoms with Crippen LogP contribution in [-0.2, 0) is 11.2 Å². The van der Waals surface area contributed by atoms with Crippen LogP contribution in [0.15, 0.2) is 22.7 Å². The van der Waals surface area contributed by atoms with Gasteiger partial charge in [0.25, 0.3) is 0 Å². The highest BCUT2D eigenvalue weighted by atomic mass is 79.9. The number of methoxy groups -OCH3 is 1. The molecule has 4 heteroatoms. The lowest BCUT2D eigenvalue weighted by molar-refractivity contribution is 0.101. The van der Waals surface area contributed by atoms with Gasteiger partial charge in [-0.2, -0.15) is 0 Å². The van der Waals surface area contributed by atoms with E-state index in [2.05, 4.69) is 22.0 Å². The highest BCUT2D eigenvalue weighted by Crippen LogP contribution is 2.25. The molecule has 1 aliphatic rings. The largest absolute Gasteiger partial charge is 0.496 e. The van der Waals surface area contributed by atoms with Crippen LogP contribution < -0.4 is 10.5 Å². The Bertz CT molecular complexity index is 405. The third-order valence-corrected chi connectivity index (χ3v) is 4.10. The quantitative estimate of drug-likeness (QED) is 0.871. The second-order valence-electron chi connectivity index (χ2n) is 5.13. The zero-order chi connectivity index (χ0) is 13.7. The van der Waals surface area contributed by atoms with E-state index < -0.39 is 0 Å². The van der Waals surface area contributed by atoms with Gasteiger partial charge in [-0.05, 0) is 55.9 Å². The van der Waals surface area contributed by atoms with E-state index in [0.717, 1.165) is 41.7 Å². The molecule has 2 atom stereocenters. The van der Waals surface area contributed by atoms with E-state index in [1.807, 2.05) is 12.1 Å². The smallest absolute Gasteiger partial charge is 0.122 e. The normalized spacial score (nSPS) is 20.5. The van der Waals surface area contributed by atoms with Gasteiger partial charge in [0.2, 0.25) is 0 Å². The van der Waals surface area contributed by atoms with Gasteiger partial charge in [-0.15, -0.1) is 0 Å². The molecule has 2 unspecified atom stereocenters. The summed E-state index contributed by atoms with van der Waals surface area (Å²) in [5, 5.41) is 0. The van der Waals surface area contributed by atoms with Gasteiger partial charge in [0.15, 0.2) is 0 Å². The maximum Gasteiger partial charge on any atom is 0.122 e. The van der Waals surface area contributed by atoms with Crippen LogP contribution in [0.4, 0.5) is 0 Å². The fourth-order valence-electron chi connectivity index (χ4n) is 2.56. The first-order valence-corrected chi connectivity index (χ1v) is 7.68. The molecule has 1 aromatic rings. The fraction of sp³-hybridized carbons (Fsp3) is 0.600. The monoisotopic (exact) mass is 327 g/mol. The van der Waals surface area contributed by atoms with Crippen LogP contribution in [0.5, 0.6) is 5.75 Å². The molecule has 1 aliphatic heterocycles. The predicted octanol–water partition coefficient (Wildman–Crippen LogP) is 3.29. The summed E-state index contributed by atoms with van der Waals surface area (Å²) < 4.78 is 12.1. The maximum atomic E-state index is 6.23. The Morgan fingerprint density at radius 3 is 3.05 bits per heavy atom. The summed E-state index contributed by atoms with van der Waals surface area (Å²) in [7, 11) is 1.70. The fourth-order valence-corrected chi connectivity index (χ4v) is 2.97. The van der Waals surface area contributed by atoms with Crippen molar-refractivity contribution in [2.75, 3.05) is 13.7 Å². The Labute approximate surface area is 123 Å². The van der Waals surface area contributed by atoms with Gasteiger partial charge in [0.1, 0.15) is 5.75 Å². The molecule has 106 valence electrons. The summed E-state index contributed by atoms with van der Waals surface area (Å²) in [6.45, 7) is 0.916. The maximum absolute atomic E-state index is 6.23. The summed E-state index contributed by atoms with van der Waals surface area (Å²) in [6.07, 6.45) is 5.72. The Balaban J connectivity index is 1.86. The number of nitrogens with two attached hydrogens (primary N) is 1. The molecule has 0 saturated carbocycles. The van der Waals surface area contributed by atoms with Gasteiger partial charge in [0.05, 0.1) is 13.2 Å². The van der Waals surface area contributed by atoms with Gasteiger partial charge in [-0.25, -0.2) is 0 Å². The first-order valence-electron chi connectivity index (χ1n) is 6.88. The molecule has 19 heavy (non-hydrogen) atoms. The minimum absolute atomic E-state index is 0.160. The van der Waals surface area contributed by atoms with Crippen molar-refractivity contribution in [3.8, 4) is 5.75 Å². The van der Waals surface area contributed by atoms with Crippen molar-refractivity contribution >= 4 is 15.9 Å². The van der Waals surface area contributed by atoms with E-state index in [1.54, 1.807) is 7.11 Å². The van der Waals surface area contributed by atoms with Gasteiger partial charge < -0.3 is 15.2 Å². The summed E-state index contributed by atoms with van der Waals surface area (Å²) in [5.74, 6) is 0.913. The van der Waals surface area contributed by atoms with Crippen molar-refractivity contribution < 1.29 is 9.47 Å². The molecule has 0 amide bonds. The number of hydrogen-bond acceptors (Lipinski definition) is 3. The number of ether oxygens (including phenoxy) is 2. The van der Waals surface area contributed by atoms with Crippen LogP contribution in [0.3, 0.4) is 0 Å². The summed E-state index contributed by atoms with van der Waals surface area (Å²) >= 11 is 3.49. The standard InChI is InChI=1S/C15H22BrNO2/c1-18-15-7-4-12(16)9-11(15)10-13(17)5-6-14-3-2-8-19-14/h4,7,9,13-14H,2-3,5-6,8,10,17H2,1H3. The van der Waals surface area contributed by atoms with E-state index in [0.29, 0.717) is 6.10 Å². The molecular weight excluding hydrogens is 306 g/mol. The lowest BCUT2D eigenvalue weighted by atomic mass is 9.99. The Kier molecular flexibility index (Phi) is 5.67. The van der Waals surface area contributed by atoms with Crippen LogP contribution in [0.25, 0.3) is 0 Å². The number of benzene rings is 1. The van der Waals surface area contributed by atoms with Crippen LogP contribution in [0.2, 0.25) is 0 Å². The van der Waals surface area contributed by atoms with Crippen LogP contribution in [-0.4, -0.2) is 25.9 Å². The summed E-state index contributed by atoms with van der Waals surface area (Å²) in [4.78, 5) is 0. The summed E-state index contributed by atoms with van der Waals surface area (Å²) in [5.41, 5.74) is 7.39.